The van der Waals surface area contributed by atoms with Crippen molar-refractivity contribution in [2.45, 2.75) is 6.54 Å². The van der Waals surface area contributed by atoms with Gasteiger partial charge in [0.2, 0.25) is 0 Å². The predicted octanol–water partition coefficient (Wildman–Crippen LogP) is 1.80. The molecule has 0 unspecified atom stereocenters. The van der Waals surface area contributed by atoms with Crippen molar-refractivity contribution in [3.8, 4) is 5.69 Å². The minimum atomic E-state index is -0.601. The lowest BCUT2D eigenvalue weighted by Gasteiger charge is -2.15. The number of aromatic nitrogens is 2. The molecule has 116 valence electrons. The molecular formula is C16H18F2N4. The van der Waals surface area contributed by atoms with Crippen molar-refractivity contribution in [2.75, 3.05) is 26.2 Å². The molecule has 2 fully saturated rings. The second-order valence-corrected chi connectivity index (χ2v) is 6.22. The summed E-state index contributed by atoms with van der Waals surface area (Å²) in [5, 5.41) is 7.85. The molecule has 1 aromatic carbocycles. The van der Waals surface area contributed by atoms with Gasteiger partial charge in [-0.25, -0.2) is 13.5 Å². The van der Waals surface area contributed by atoms with Gasteiger partial charge in [0.15, 0.2) is 5.82 Å². The Morgan fingerprint density at radius 1 is 1.14 bits per heavy atom. The molecule has 0 spiro atoms. The number of rotatable bonds is 3. The van der Waals surface area contributed by atoms with Gasteiger partial charge in [-0.3, -0.25) is 4.90 Å². The maximum atomic E-state index is 13.8. The Labute approximate surface area is 127 Å². The fourth-order valence-electron chi connectivity index (χ4n) is 3.56. The number of likely N-dealkylation sites (tertiary alicyclic amines) is 1. The van der Waals surface area contributed by atoms with Crippen LogP contribution in [0.5, 0.6) is 0 Å². The SMILES string of the molecule is Fc1ccc(-n2ccc(CN3C[C@H]4CNC[C@H]4C3)n2)c(F)c1. The van der Waals surface area contributed by atoms with E-state index in [1.165, 1.54) is 16.8 Å². The van der Waals surface area contributed by atoms with E-state index >= 15 is 0 Å². The summed E-state index contributed by atoms with van der Waals surface area (Å²) in [4.78, 5) is 2.41. The van der Waals surface area contributed by atoms with Crippen LogP contribution in [-0.2, 0) is 6.54 Å². The molecule has 0 bridgehead atoms. The fourth-order valence-corrected chi connectivity index (χ4v) is 3.56. The summed E-state index contributed by atoms with van der Waals surface area (Å²) in [5.41, 5.74) is 1.19. The molecule has 0 amide bonds. The van der Waals surface area contributed by atoms with Crippen LogP contribution in [-0.4, -0.2) is 40.9 Å². The van der Waals surface area contributed by atoms with Gasteiger partial charge in [0.1, 0.15) is 11.5 Å². The zero-order valence-corrected chi connectivity index (χ0v) is 12.2. The summed E-state index contributed by atoms with van der Waals surface area (Å²) in [7, 11) is 0. The molecule has 2 aromatic rings. The van der Waals surface area contributed by atoms with Crippen molar-refractivity contribution in [3.63, 3.8) is 0 Å². The largest absolute Gasteiger partial charge is 0.316 e. The van der Waals surface area contributed by atoms with Gasteiger partial charge in [-0.2, -0.15) is 5.10 Å². The van der Waals surface area contributed by atoms with Crippen molar-refractivity contribution in [2.24, 2.45) is 11.8 Å². The molecule has 4 rings (SSSR count). The Morgan fingerprint density at radius 2 is 1.91 bits per heavy atom. The number of fused-ring (bicyclic) bond motifs is 1. The molecule has 3 heterocycles. The van der Waals surface area contributed by atoms with Crippen LogP contribution in [0.1, 0.15) is 5.69 Å². The van der Waals surface area contributed by atoms with Gasteiger partial charge in [-0.05, 0) is 43.1 Å². The van der Waals surface area contributed by atoms with E-state index in [1.807, 2.05) is 6.07 Å². The van der Waals surface area contributed by atoms with Crippen LogP contribution in [0.15, 0.2) is 30.5 Å². The summed E-state index contributed by atoms with van der Waals surface area (Å²) in [6.45, 7) is 5.18. The molecule has 0 aliphatic carbocycles. The number of halogens is 2. The number of hydrogen-bond acceptors (Lipinski definition) is 3. The summed E-state index contributed by atoms with van der Waals surface area (Å²) in [6, 6.07) is 5.43. The lowest BCUT2D eigenvalue weighted by molar-refractivity contribution is 0.301. The van der Waals surface area contributed by atoms with Crippen LogP contribution in [0.25, 0.3) is 5.69 Å². The third-order valence-corrected chi connectivity index (χ3v) is 4.65. The molecule has 2 atom stereocenters. The van der Waals surface area contributed by atoms with E-state index in [4.69, 9.17) is 0 Å². The van der Waals surface area contributed by atoms with Crippen molar-refractivity contribution >= 4 is 0 Å². The minimum absolute atomic E-state index is 0.273. The first-order valence-electron chi connectivity index (χ1n) is 7.62. The minimum Gasteiger partial charge on any atom is -0.316 e. The molecule has 4 nitrogen and oxygen atoms in total. The Morgan fingerprint density at radius 3 is 2.64 bits per heavy atom. The lowest BCUT2D eigenvalue weighted by atomic mass is 10.0. The number of hydrogen-bond donors (Lipinski definition) is 1. The van der Waals surface area contributed by atoms with Gasteiger partial charge in [0.25, 0.3) is 0 Å². The number of nitrogens with zero attached hydrogens (tertiary/aromatic N) is 3. The van der Waals surface area contributed by atoms with Crippen LogP contribution >= 0.6 is 0 Å². The number of benzene rings is 1. The molecule has 6 heteroatoms. The van der Waals surface area contributed by atoms with E-state index in [1.54, 1.807) is 6.20 Å². The van der Waals surface area contributed by atoms with E-state index in [9.17, 15) is 8.78 Å². The normalized spacial score (nSPS) is 24.8. The Balaban J connectivity index is 1.47. The van der Waals surface area contributed by atoms with E-state index in [2.05, 4.69) is 15.3 Å². The highest BCUT2D eigenvalue weighted by Gasteiger charge is 2.35. The standard InChI is InChI=1S/C16H18F2N4/c17-13-1-2-16(15(18)5-13)22-4-3-14(20-22)10-21-8-11-6-19-7-12(11)9-21/h1-5,11-12,19H,6-10H2/t11-,12+. The van der Waals surface area contributed by atoms with E-state index in [-0.39, 0.29) is 5.69 Å². The van der Waals surface area contributed by atoms with E-state index in [0.29, 0.717) is 0 Å². The fraction of sp³-hybridized carbons (Fsp3) is 0.438. The smallest absolute Gasteiger partial charge is 0.151 e. The molecule has 0 saturated carbocycles. The summed E-state index contributed by atoms with van der Waals surface area (Å²) < 4.78 is 28.2. The quantitative estimate of drug-likeness (QED) is 0.939. The lowest BCUT2D eigenvalue weighted by Crippen LogP contribution is -2.25. The first-order chi connectivity index (χ1) is 10.7. The van der Waals surface area contributed by atoms with Crippen LogP contribution in [0, 0.1) is 23.5 Å². The highest BCUT2D eigenvalue weighted by atomic mass is 19.1. The first-order valence-corrected chi connectivity index (χ1v) is 7.62. The average molecular weight is 304 g/mol. The highest BCUT2D eigenvalue weighted by Crippen LogP contribution is 2.27. The van der Waals surface area contributed by atoms with Crippen LogP contribution in [0.4, 0.5) is 8.78 Å². The van der Waals surface area contributed by atoms with Gasteiger partial charge in [0.05, 0.1) is 5.69 Å². The van der Waals surface area contributed by atoms with Gasteiger partial charge in [0, 0.05) is 31.9 Å². The number of nitrogens with one attached hydrogen (secondary N) is 1. The van der Waals surface area contributed by atoms with E-state index in [0.717, 1.165) is 56.3 Å². The highest BCUT2D eigenvalue weighted by molar-refractivity contribution is 5.33. The Bertz CT molecular complexity index is 673. The second-order valence-electron chi connectivity index (χ2n) is 6.22. The Kier molecular flexibility index (Phi) is 3.43. The maximum Gasteiger partial charge on any atom is 0.151 e. The van der Waals surface area contributed by atoms with Gasteiger partial charge in [-0.1, -0.05) is 0 Å². The molecule has 22 heavy (non-hydrogen) atoms. The van der Waals surface area contributed by atoms with Gasteiger partial charge in [-0.15, -0.1) is 0 Å². The third-order valence-electron chi connectivity index (χ3n) is 4.65. The average Bonchev–Trinajstić information content (AvgIpc) is 3.15. The molecule has 1 N–H and O–H groups in total. The second kappa shape index (κ2) is 5.44. The molecular weight excluding hydrogens is 286 g/mol. The van der Waals surface area contributed by atoms with E-state index < -0.39 is 11.6 Å². The molecule has 2 aliphatic rings. The molecule has 0 radical (unpaired) electrons. The van der Waals surface area contributed by atoms with Crippen molar-refractivity contribution in [1.29, 1.82) is 0 Å². The predicted molar refractivity (Wildman–Crippen MR) is 78.6 cm³/mol. The summed E-state index contributed by atoms with van der Waals surface area (Å²) in [5.74, 6) is 0.315. The molecule has 2 aliphatic heterocycles. The zero-order chi connectivity index (χ0) is 15.1. The molecule has 1 aromatic heterocycles. The third kappa shape index (κ3) is 2.53. The van der Waals surface area contributed by atoms with Crippen molar-refractivity contribution < 1.29 is 8.78 Å². The summed E-state index contributed by atoms with van der Waals surface area (Å²) in [6.07, 6.45) is 1.73. The topological polar surface area (TPSA) is 33.1 Å². The van der Waals surface area contributed by atoms with Crippen LogP contribution in [0.2, 0.25) is 0 Å². The van der Waals surface area contributed by atoms with Crippen molar-refractivity contribution in [3.05, 3.63) is 47.8 Å². The van der Waals surface area contributed by atoms with Gasteiger partial charge >= 0.3 is 0 Å². The monoisotopic (exact) mass is 304 g/mol. The summed E-state index contributed by atoms with van der Waals surface area (Å²) >= 11 is 0. The van der Waals surface area contributed by atoms with Crippen LogP contribution in [0.3, 0.4) is 0 Å². The van der Waals surface area contributed by atoms with Crippen LogP contribution < -0.4 is 5.32 Å². The first kappa shape index (κ1) is 13.8. The molecule has 2 saturated heterocycles. The van der Waals surface area contributed by atoms with Gasteiger partial charge < -0.3 is 5.32 Å². The Hall–Kier alpha value is -1.79. The zero-order valence-electron chi connectivity index (χ0n) is 12.2. The maximum absolute atomic E-state index is 13.8. The van der Waals surface area contributed by atoms with Crippen molar-refractivity contribution in [1.82, 2.24) is 20.0 Å².